The number of aromatic nitrogens is 2. The van der Waals surface area contributed by atoms with Gasteiger partial charge in [-0.25, -0.2) is 23.7 Å². The Morgan fingerprint density at radius 1 is 0.895 bits per heavy atom. The van der Waals surface area contributed by atoms with Crippen LogP contribution in [0.15, 0.2) is 18.5 Å². The first kappa shape index (κ1) is 16.4. The first-order valence-corrected chi connectivity index (χ1v) is 8.62. The summed E-state index contributed by atoms with van der Waals surface area (Å²) in [6.07, 6.45) is 2.26. The van der Waals surface area contributed by atoms with Gasteiger partial charge >= 0.3 is 29.5 Å². The topological polar surface area (TPSA) is 186 Å². The Morgan fingerprint density at radius 2 is 1.42 bits per heavy atom. The van der Waals surface area contributed by atoms with Gasteiger partial charge in [-0.1, -0.05) is 0 Å². The molecule has 0 aliphatic rings. The van der Waals surface area contributed by atoms with Crippen LogP contribution in [0.5, 0.6) is 6.01 Å². The van der Waals surface area contributed by atoms with Gasteiger partial charge in [-0.2, -0.15) is 8.62 Å². The van der Waals surface area contributed by atoms with Crippen LogP contribution in [0.1, 0.15) is 0 Å². The molecule has 0 aromatic carbocycles. The zero-order chi connectivity index (χ0) is 14.7. The molecule has 0 spiro atoms. The average Bonchev–Trinajstić information content (AvgIpc) is 2.11. The van der Waals surface area contributed by atoms with Crippen molar-refractivity contribution in [3.63, 3.8) is 0 Å². The van der Waals surface area contributed by atoms with E-state index in [1.54, 1.807) is 0 Å². The van der Waals surface area contributed by atoms with E-state index >= 15 is 0 Å². The highest BCUT2D eigenvalue weighted by Crippen LogP contribution is 2.65. The predicted octanol–water partition coefficient (Wildman–Crippen LogP) is 0.182. The molecular formula is C4H7N2O10P3. The minimum Gasteiger partial charge on any atom is -0.368 e. The van der Waals surface area contributed by atoms with Gasteiger partial charge in [0.25, 0.3) is 0 Å². The van der Waals surface area contributed by atoms with E-state index in [-0.39, 0.29) is 0 Å². The van der Waals surface area contributed by atoms with Gasteiger partial charge in [0.2, 0.25) is 0 Å². The van der Waals surface area contributed by atoms with E-state index in [9.17, 15) is 13.7 Å². The Bertz CT molecular complexity index is 569. The average molecular weight is 336 g/mol. The lowest BCUT2D eigenvalue weighted by Crippen LogP contribution is -2.00. The Morgan fingerprint density at radius 3 is 1.89 bits per heavy atom. The summed E-state index contributed by atoms with van der Waals surface area (Å²) in [5.41, 5.74) is 0. The molecule has 0 aliphatic carbocycles. The number of phosphoric ester groups is 1. The molecular weight excluding hydrogens is 329 g/mol. The molecule has 1 heterocycles. The second-order valence-electron chi connectivity index (χ2n) is 2.71. The zero-order valence-electron chi connectivity index (χ0n) is 8.71. The van der Waals surface area contributed by atoms with Gasteiger partial charge in [0.1, 0.15) is 0 Å². The molecule has 1 rings (SSSR count). The monoisotopic (exact) mass is 336 g/mol. The lowest BCUT2D eigenvalue weighted by Gasteiger charge is -2.15. The zero-order valence-corrected chi connectivity index (χ0v) is 11.4. The van der Waals surface area contributed by atoms with E-state index in [4.69, 9.17) is 19.6 Å². The van der Waals surface area contributed by atoms with Crippen molar-refractivity contribution < 1.29 is 46.4 Å². The summed E-state index contributed by atoms with van der Waals surface area (Å²) < 4.78 is 43.6. The van der Waals surface area contributed by atoms with E-state index in [2.05, 4.69) is 23.1 Å². The van der Waals surface area contributed by atoms with E-state index < -0.39 is 29.5 Å². The van der Waals surface area contributed by atoms with Crippen LogP contribution in [0, 0.1) is 0 Å². The molecule has 4 N–H and O–H groups in total. The third-order valence-electron chi connectivity index (χ3n) is 1.16. The van der Waals surface area contributed by atoms with E-state index in [1.165, 1.54) is 6.07 Å². The number of phosphoric acid groups is 3. The highest BCUT2D eigenvalue weighted by molar-refractivity contribution is 7.66. The van der Waals surface area contributed by atoms with Gasteiger partial charge in [0, 0.05) is 12.4 Å². The molecule has 0 bridgehead atoms. The Balaban J connectivity index is 2.77. The summed E-state index contributed by atoms with van der Waals surface area (Å²) in [6, 6.07) is 0.689. The minimum atomic E-state index is -5.53. The Kier molecular flexibility index (Phi) is 4.97. The summed E-state index contributed by atoms with van der Waals surface area (Å²) in [7, 11) is -16.2. The standard InChI is InChI=1S/C4H7N2O10P3/c7-17(8,9)15-19(12,13)16-18(10,11)14-4-5-2-1-3-6-4/h1-3H,(H,10,11)(H,12,13)(H2,7,8,9). The molecule has 0 aliphatic heterocycles. The van der Waals surface area contributed by atoms with E-state index in [1.807, 2.05) is 0 Å². The fourth-order valence-corrected chi connectivity index (χ4v) is 3.67. The smallest absolute Gasteiger partial charge is 0.368 e. The quantitative estimate of drug-likeness (QED) is 0.517. The molecule has 0 saturated carbocycles. The molecule has 0 amide bonds. The summed E-state index contributed by atoms with van der Waals surface area (Å²) >= 11 is 0. The van der Waals surface area contributed by atoms with Crippen molar-refractivity contribution >= 4 is 23.5 Å². The molecule has 2 atom stereocenters. The third-order valence-corrected chi connectivity index (χ3v) is 4.88. The number of hydrogen-bond acceptors (Lipinski definition) is 8. The maximum atomic E-state index is 11.3. The molecule has 1 aromatic heterocycles. The van der Waals surface area contributed by atoms with Gasteiger partial charge in [0.15, 0.2) is 0 Å². The van der Waals surface area contributed by atoms with Crippen molar-refractivity contribution in [3.05, 3.63) is 18.5 Å². The van der Waals surface area contributed by atoms with Crippen molar-refractivity contribution in [2.75, 3.05) is 0 Å². The summed E-state index contributed by atoms with van der Waals surface area (Å²) in [6.45, 7) is 0. The lowest BCUT2D eigenvalue weighted by molar-refractivity contribution is 0.205. The largest absolute Gasteiger partial charge is 0.538 e. The third kappa shape index (κ3) is 6.88. The molecule has 0 fully saturated rings. The van der Waals surface area contributed by atoms with Gasteiger partial charge in [-0.3, -0.25) is 4.89 Å². The molecule has 1 aromatic rings. The van der Waals surface area contributed by atoms with Crippen LogP contribution in [0.2, 0.25) is 0 Å². The van der Waals surface area contributed by atoms with Crippen LogP contribution in [-0.4, -0.2) is 29.5 Å². The van der Waals surface area contributed by atoms with Crippen LogP contribution in [0.25, 0.3) is 0 Å². The normalized spacial score (nSPS) is 18.3. The van der Waals surface area contributed by atoms with Crippen molar-refractivity contribution in [1.29, 1.82) is 0 Å². The summed E-state index contributed by atoms with van der Waals surface area (Å²) in [5, 5.41) is 0. The van der Waals surface area contributed by atoms with Crippen molar-refractivity contribution in [3.8, 4) is 6.01 Å². The van der Waals surface area contributed by atoms with E-state index in [0.29, 0.717) is 0 Å². The Labute approximate surface area is 105 Å². The van der Waals surface area contributed by atoms with Crippen LogP contribution in [-0.2, 0) is 22.3 Å². The van der Waals surface area contributed by atoms with Crippen LogP contribution in [0.4, 0.5) is 0 Å². The molecule has 0 radical (unpaired) electrons. The maximum Gasteiger partial charge on any atom is 0.538 e. The van der Waals surface area contributed by atoms with Crippen LogP contribution >= 0.6 is 23.5 Å². The molecule has 0 saturated heterocycles. The first-order chi connectivity index (χ1) is 8.49. The van der Waals surface area contributed by atoms with Gasteiger partial charge in [0.05, 0.1) is 0 Å². The van der Waals surface area contributed by atoms with Crippen molar-refractivity contribution in [2.24, 2.45) is 0 Å². The highest BCUT2D eigenvalue weighted by Gasteiger charge is 2.41. The van der Waals surface area contributed by atoms with E-state index in [0.717, 1.165) is 12.4 Å². The van der Waals surface area contributed by atoms with Crippen molar-refractivity contribution in [2.45, 2.75) is 0 Å². The molecule has 2 unspecified atom stereocenters. The van der Waals surface area contributed by atoms with Crippen molar-refractivity contribution in [1.82, 2.24) is 9.97 Å². The molecule has 15 heteroatoms. The van der Waals surface area contributed by atoms with Gasteiger partial charge in [-0.15, -0.1) is 0 Å². The minimum absolute atomic E-state index is 0.662. The Hall–Kier alpha value is -0.670. The summed E-state index contributed by atoms with van der Waals surface area (Å²) in [5.74, 6) is 0. The SMILES string of the molecule is O=P(O)(O)OP(=O)(O)OP(=O)(O)Oc1ncccn1. The number of rotatable bonds is 6. The second kappa shape index (κ2) is 5.76. The maximum absolute atomic E-state index is 11.3. The number of hydrogen-bond donors (Lipinski definition) is 4. The predicted molar refractivity (Wildman–Crippen MR) is 56.5 cm³/mol. The second-order valence-corrected chi connectivity index (χ2v) is 7.06. The lowest BCUT2D eigenvalue weighted by atomic mass is 10.7. The first-order valence-electron chi connectivity index (χ1n) is 4.09. The highest BCUT2D eigenvalue weighted by atomic mass is 31.3. The van der Waals surface area contributed by atoms with Crippen LogP contribution < -0.4 is 4.52 Å². The molecule has 108 valence electrons. The van der Waals surface area contributed by atoms with Crippen LogP contribution in [0.3, 0.4) is 0 Å². The fourth-order valence-electron chi connectivity index (χ4n) is 0.732. The fraction of sp³-hybridized carbons (Fsp3) is 0. The summed E-state index contributed by atoms with van der Waals surface area (Å²) in [4.78, 5) is 41.2. The van der Waals surface area contributed by atoms with Gasteiger partial charge in [-0.05, 0) is 6.07 Å². The molecule has 19 heavy (non-hydrogen) atoms. The van der Waals surface area contributed by atoms with Gasteiger partial charge < -0.3 is 19.2 Å². The number of nitrogens with zero attached hydrogens (tertiary/aromatic N) is 2. The molecule has 12 nitrogen and oxygen atoms in total.